The number of hydrogen-bond acceptors (Lipinski definition) is 3. The summed E-state index contributed by atoms with van der Waals surface area (Å²) in [6.07, 6.45) is 0.857. The van der Waals surface area contributed by atoms with E-state index in [1.807, 2.05) is 18.2 Å². The van der Waals surface area contributed by atoms with Crippen molar-refractivity contribution in [1.82, 2.24) is 10.0 Å². The van der Waals surface area contributed by atoms with Crippen LogP contribution in [-0.4, -0.2) is 27.1 Å². The Morgan fingerprint density at radius 1 is 1.12 bits per heavy atom. The Balaban J connectivity index is 1.96. The first-order chi connectivity index (χ1) is 11.4. The Bertz CT molecular complexity index is 806. The van der Waals surface area contributed by atoms with Crippen LogP contribution in [0.3, 0.4) is 0 Å². The molecule has 2 aromatic carbocycles. The van der Waals surface area contributed by atoms with Gasteiger partial charge in [0.15, 0.2) is 5.11 Å². The summed E-state index contributed by atoms with van der Waals surface area (Å²) in [5.74, 6) is 0. The van der Waals surface area contributed by atoms with E-state index in [9.17, 15) is 8.42 Å². The van der Waals surface area contributed by atoms with Crippen LogP contribution in [0.1, 0.15) is 11.1 Å². The molecule has 0 heterocycles. The summed E-state index contributed by atoms with van der Waals surface area (Å²) in [6.45, 7) is 2.45. The highest BCUT2D eigenvalue weighted by Gasteiger charge is 2.15. The van der Waals surface area contributed by atoms with Gasteiger partial charge in [-0.05, 0) is 55.9 Å². The van der Waals surface area contributed by atoms with Gasteiger partial charge in [0.25, 0.3) is 0 Å². The van der Waals surface area contributed by atoms with Crippen LogP contribution in [-0.2, 0) is 16.4 Å². The highest BCUT2D eigenvalue weighted by molar-refractivity contribution is 7.89. The lowest BCUT2D eigenvalue weighted by Gasteiger charge is -2.13. The van der Waals surface area contributed by atoms with Crippen molar-refractivity contribution in [2.75, 3.05) is 18.9 Å². The summed E-state index contributed by atoms with van der Waals surface area (Å²) in [5.41, 5.74) is 2.54. The molecule has 2 rings (SSSR count). The highest BCUT2D eigenvalue weighted by atomic mass is 32.2. The zero-order valence-corrected chi connectivity index (χ0v) is 15.3. The number of benzene rings is 2. The maximum absolute atomic E-state index is 12.0. The summed E-state index contributed by atoms with van der Waals surface area (Å²) in [4.78, 5) is 0.238. The molecule has 0 aliphatic carbocycles. The van der Waals surface area contributed by atoms with Crippen LogP contribution in [0, 0.1) is 6.92 Å². The normalized spacial score (nSPS) is 11.1. The van der Waals surface area contributed by atoms with Crippen LogP contribution in [0.4, 0.5) is 5.69 Å². The van der Waals surface area contributed by atoms with Crippen molar-refractivity contribution >= 4 is 33.0 Å². The van der Waals surface area contributed by atoms with Crippen LogP contribution in [0.15, 0.2) is 53.4 Å². The van der Waals surface area contributed by atoms with Crippen molar-refractivity contribution in [3.63, 3.8) is 0 Å². The topological polar surface area (TPSA) is 70.2 Å². The molecule has 0 atom stereocenters. The first-order valence-corrected chi connectivity index (χ1v) is 9.44. The van der Waals surface area contributed by atoms with Gasteiger partial charge in [-0.15, -0.1) is 0 Å². The third-order valence-corrected chi connectivity index (χ3v) is 5.35. The minimum atomic E-state index is -3.49. The zero-order valence-electron chi connectivity index (χ0n) is 13.7. The van der Waals surface area contributed by atoms with Gasteiger partial charge in [0.05, 0.1) is 4.90 Å². The van der Waals surface area contributed by atoms with Crippen molar-refractivity contribution in [3.8, 4) is 0 Å². The fourth-order valence-corrected chi connectivity index (χ4v) is 3.43. The Morgan fingerprint density at radius 2 is 1.83 bits per heavy atom. The smallest absolute Gasteiger partial charge is 0.240 e. The molecule has 0 saturated heterocycles. The van der Waals surface area contributed by atoms with E-state index >= 15 is 0 Å². The van der Waals surface area contributed by atoms with Gasteiger partial charge in [0, 0.05) is 12.2 Å². The molecule has 0 radical (unpaired) electrons. The predicted molar refractivity (Wildman–Crippen MR) is 102 cm³/mol. The zero-order chi connectivity index (χ0) is 17.6. The minimum Gasteiger partial charge on any atom is -0.362 e. The molecule has 0 spiro atoms. The molecule has 0 unspecified atom stereocenters. The van der Waals surface area contributed by atoms with E-state index in [0.29, 0.717) is 22.9 Å². The maximum atomic E-state index is 12.0. The van der Waals surface area contributed by atoms with E-state index in [4.69, 9.17) is 12.2 Å². The van der Waals surface area contributed by atoms with E-state index in [-0.39, 0.29) is 4.90 Å². The fraction of sp³-hybridized carbons (Fsp3) is 0.235. The molecule has 5 nitrogen and oxygen atoms in total. The highest BCUT2D eigenvalue weighted by Crippen LogP contribution is 2.19. The first kappa shape index (κ1) is 18.4. The van der Waals surface area contributed by atoms with Crippen LogP contribution < -0.4 is 15.4 Å². The SMILES string of the molecule is CNS(=O)(=O)c1cc(NC(=S)NCCc2ccccc2)ccc1C. The minimum absolute atomic E-state index is 0.238. The monoisotopic (exact) mass is 363 g/mol. The maximum Gasteiger partial charge on any atom is 0.240 e. The summed E-state index contributed by atoms with van der Waals surface area (Å²) in [6, 6.07) is 15.2. The van der Waals surface area contributed by atoms with Gasteiger partial charge in [-0.1, -0.05) is 36.4 Å². The molecule has 0 amide bonds. The van der Waals surface area contributed by atoms with Crippen molar-refractivity contribution in [2.24, 2.45) is 0 Å². The molecule has 24 heavy (non-hydrogen) atoms. The van der Waals surface area contributed by atoms with Crippen molar-refractivity contribution in [3.05, 3.63) is 59.7 Å². The van der Waals surface area contributed by atoms with E-state index in [1.165, 1.54) is 12.6 Å². The van der Waals surface area contributed by atoms with Crippen molar-refractivity contribution in [2.45, 2.75) is 18.2 Å². The van der Waals surface area contributed by atoms with Gasteiger partial charge < -0.3 is 10.6 Å². The van der Waals surface area contributed by atoms with Crippen molar-refractivity contribution in [1.29, 1.82) is 0 Å². The molecule has 0 bridgehead atoms. The molecule has 128 valence electrons. The number of sulfonamides is 1. The Morgan fingerprint density at radius 3 is 2.50 bits per heavy atom. The van der Waals surface area contributed by atoms with Gasteiger partial charge in [0.2, 0.25) is 10.0 Å². The molecule has 2 aromatic rings. The molecule has 0 aliphatic rings. The molecule has 0 saturated carbocycles. The quantitative estimate of drug-likeness (QED) is 0.688. The van der Waals surface area contributed by atoms with E-state index in [1.54, 1.807) is 25.1 Å². The first-order valence-electron chi connectivity index (χ1n) is 7.55. The van der Waals surface area contributed by atoms with Gasteiger partial charge in [-0.3, -0.25) is 0 Å². The lowest BCUT2D eigenvalue weighted by molar-refractivity contribution is 0.587. The second kappa shape index (κ2) is 8.23. The van der Waals surface area contributed by atoms with Crippen LogP contribution in [0.2, 0.25) is 0 Å². The van der Waals surface area contributed by atoms with Gasteiger partial charge >= 0.3 is 0 Å². The van der Waals surface area contributed by atoms with Crippen LogP contribution in [0.5, 0.6) is 0 Å². The van der Waals surface area contributed by atoms with Crippen LogP contribution >= 0.6 is 12.2 Å². The lowest BCUT2D eigenvalue weighted by Crippen LogP contribution is -2.30. The number of hydrogen-bond donors (Lipinski definition) is 3. The number of thiocarbonyl (C=S) groups is 1. The second-order valence-electron chi connectivity index (χ2n) is 5.30. The molecule has 0 fully saturated rings. The number of rotatable bonds is 6. The molecule has 3 N–H and O–H groups in total. The van der Waals surface area contributed by atoms with Gasteiger partial charge in [-0.2, -0.15) is 0 Å². The third kappa shape index (κ3) is 5.02. The Kier molecular flexibility index (Phi) is 6.30. The van der Waals surface area contributed by atoms with Crippen LogP contribution in [0.25, 0.3) is 0 Å². The fourth-order valence-electron chi connectivity index (χ4n) is 2.22. The van der Waals surface area contributed by atoms with E-state index in [2.05, 4.69) is 27.5 Å². The molecule has 7 heteroatoms. The van der Waals surface area contributed by atoms with E-state index in [0.717, 1.165) is 6.42 Å². The molecular weight excluding hydrogens is 342 g/mol. The lowest BCUT2D eigenvalue weighted by atomic mass is 10.1. The van der Waals surface area contributed by atoms with Gasteiger partial charge in [0.1, 0.15) is 0 Å². The molecule has 0 aliphatic heterocycles. The molecule has 0 aromatic heterocycles. The average molecular weight is 364 g/mol. The number of anilines is 1. The summed E-state index contributed by atoms with van der Waals surface area (Å²) < 4.78 is 26.3. The largest absolute Gasteiger partial charge is 0.362 e. The number of aryl methyl sites for hydroxylation is 1. The second-order valence-corrected chi connectivity index (χ2v) is 7.57. The Labute approximate surface area is 148 Å². The summed E-state index contributed by atoms with van der Waals surface area (Å²) in [7, 11) is -2.10. The number of nitrogens with one attached hydrogen (secondary N) is 3. The van der Waals surface area contributed by atoms with E-state index < -0.39 is 10.0 Å². The third-order valence-electron chi connectivity index (χ3n) is 3.55. The van der Waals surface area contributed by atoms with Crippen molar-refractivity contribution < 1.29 is 8.42 Å². The Hall–Kier alpha value is -1.96. The predicted octanol–water partition coefficient (Wildman–Crippen LogP) is 2.43. The standard InChI is InChI=1S/C17H21N3O2S2/c1-13-8-9-15(12-16(13)24(21,22)18-2)20-17(23)19-11-10-14-6-4-3-5-7-14/h3-9,12,18H,10-11H2,1-2H3,(H2,19,20,23). The summed E-state index contributed by atoms with van der Waals surface area (Å²) in [5, 5.41) is 6.60. The molecular formula is C17H21N3O2S2. The van der Waals surface area contributed by atoms with Gasteiger partial charge in [-0.25, -0.2) is 13.1 Å². The summed E-state index contributed by atoms with van der Waals surface area (Å²) >= 11 is 5.26. The average Bonchev–Trinajstić information content (AvgIpc) is 2.57.